The smallest absolute Gasteiger partial charge is 0.335 e. The van der Waals surface area contributed by atoms with Crippen molar-refractivity contribution in [2.24, 2.45) is 0 Å². The van der Waals surface area contributed by atoms with Crippen LogP contribution in [0.4, 0.5) is 5.69 Å². The lowest BCUT2D eigenvalue weighted by Crippen LogP contribution is -2.38. The molecule has 0 unspecified atom stereocenters. The molecule has 22 heavy (non-hydrogen) atoms. The number of hydrogen-bond acceptors (Lipinski definition) is 3. The number of aryl methyl sites for hydroxylation is 1. The SMILES string of the molecule is CCc1c[nH]c2c(N3CCCCS3(=O)=O)cc(C(=O)O)cc12. The number of aromatic nitrogens is 1. The predicted molar refractivity (Wildman–Crippen MR) is 85.0 cm³/mol. The number of benzene rings is 1. The van der Waals surface area contributed by atoms with Crippen molar-refractivity contribution in [2.75, 3.05) is 16.6 Å². The first-order valence-corrected chi connectivity index (χ1v) is 8.92. The molecule has 118 valence electrons. The van der Waals surface area contributed by atoms with Gasteiger partial charge in [0, 0.05) is 18.1 Å². The van der Waals surface area contributed by atoms with Crippen molar-refractivity contribution in [3.05, 3.63) is 29.5 Å². The molecule has 0 spiro atoms. The van der Waals surface area contributed by atoms with Crippen LogP contribution in [0.2, 0.25) is 0 Å². The predicted octanol–water partition coefficient (Wildman–Crippen LogP) is 2.36. The van der Waals surface area contributed by atoms with Crippen LogP contribution in [0.3, 0.4) is 0 Å². The highest BCUT2D eigenvalue weighted by Crippen LogP contribution is 2.33. The lowest BCUT2D eigenvalue weighted by molar-refractivity contribution is 0.0697. The molecule has 0 atom stereocenters. The van der Waals surface area contributed by atoms with Crippen molar-refractivity contribution < 1.29 is 18.3 Å². The summed E-state index contributed by atoms with van der Waals surface area (Å²) >= 11 is 0. The second kappa shape index (κ2) is 5.31. The minimum absolute atomic E-state index is 0.104. The van der Waals surface area contributed by atoms with E-state index in [0.717, 1.165) is 23.8 Å². The molecule has 2 heterocycles. The van der Waals surface area contributed by atoms with Gasteiger partial charge in [-0.1, -0.05) is 6.92 Å². The lowest BCUT2D eigenvalue weighted by Gasteiger charge is -2.29. The minimum atomic E-state index is -3.39. The zero-order chi connectivity index (χ0) is 15.9. The fourth-order valence-electron chi connectivity index (χ4n) is 2.94. The summed E-state index contributed by atoms with van der Waals surface area (Å²) < 4.78 is 26.0. The second-order valence-corrected chi connectivity index (χ2v) is 7.50. The van der Waals surface area contributed by atoms with Crippen LogP contribution in [0.5, 0.6) is 0 Å². The van der Waals surface area contributed by atoms with Gasteiger partial charge in [-0.2, -0.15) is 0 Å². The molecule has 1 aromatic carbocycles. The molecule has 2 aromatic rings. The number of anilines is 1. The van der Waals surface area contributed by atoms with Gasteiger partial charge in [0.25, 0.3) is 0 Å². The Kier molecular flexibility index (Phi) is 3.60. The van der Waals surface area contributed by atoms with E-state index in [-0.39, 0.29) is 11.3 Å². The van der Waals surface area contributed by atoms with Crippen LogP contribution in [0.1, 0.15) is 35.7 Å². The summed E-state index contributed by atoms with van der Waals surface area (Å²) in [6.45, 7) is 2.37. The van der Waals surface area contributed by atoms with Crippen molar-refractivity contribution in [1.82, 2.24) is 4.98 Å². The van der Waals surface area contributed by atoms with Gasteiger partial charge in [-0.25, -0.2) is 13.2 Å². The molecule has 0 saturated carbocycles. The number of aromatic amines is 1. The Balaban J connectivity index is 2.27. The first-order chi connectivity index (χ1) is 10.4. The molecule has 2 N–H and O–H groups in total. The fourth-order valence-corrected chi connectivity index (χ4v) is 4.58. The van der Waals surface area contributed by atoms with Gasteiger partial charge in [-0.15, -0.1) is 0 Å². The van der Waals surface area contributed by atoms with Gasteiger partial charge in [-0.05, 0) is 37.0 Å². The molecule has 1 saturated heterocycles. The van der Waals surface area contributed by atoms with Crippen molar-refractivity contribution in [3.63, 3.8) is 0 Å². The average molecular weight is 322 g/mol. The number of aromatic carboxylic acids is 1. The molecular weight excluding hydrogens is 304 g/mol. The van der Waals surface area contributed by atoms with E-state index in [9.17, 15) is 18.3 Å². The van der Waals surface area contributed by atoms with Crippen molar-refractivity contribution in [3.8, 4) is 0 Å². The lowest BCUT2D eigenvalue weighted by atomic mass is 10.1. The maximum absolute atomic E-state index is 12.3. The third-order valence-corrected chi connectivity index (χ3v) is 5.96. The molecule has 6 nitrogen and oxygen atoms in total. The van der Waals surface area contributed by atoms with Crippen LogP contribution >= 0.6 is 0 Å². The van der Waals surface area contributed by atoms with Crippen LogP contribution in [0.15, 0.2) is 18.3 Å². The maximum Gasteiger partial charge on any atom is 0.335 e. The van der Waals surface area contributed by atoms with Crippen molar-refractivity contribution >= 4 is 32.6 Å². The Morgan fingerprint density at radius 1 is 1.36 bits per heavy atom. The summed E-state index contributed by atoms with van der Waals surface area (Å²) in [6.07, 6.45) is 3.98. The van der Waals surface area contributed by atoms with Gasteiger partial charge >= 0.3 is 5.97 Å². The monoisotopic (exact) mass is 322 g/mol. The van der Waals surface area contributed by atoms with Crippen LogP contribution in [-0.4, -0.2) is 36.8 Å². The number of carboxylic acid groups (broad SMARTS) is 1. The first kappa shape index (κ1) is 14.9. The fraction of sp³-hybridized carbons (Fsp3) is 0.400. The Labute approximate surface area is 128 Å². The maximum atomic E-state index is 12.3. The molecule has 1 fully saturated rings. The molecular formula is C15H18N2O4S. The summed E-state index contributed by atoms with van der Waals surface area (Å²) in [5.41, 5.74) is 2.22. The van der Waals surface area contributed by atoms with Crippen molar-refractivity contribution in [1.29, 1.82) is 0 Å². The van der Waals surface area contributed by atoms with Gasteiger partial charge in [0.2, 0.25) is 10.0 Å². The molecule has 0 aliphatic carbocycles. The molecule has 0 radical (unpaired) electrons. The summed E-state index contributed by atoms with van der Waals surface area (Å²) in [5.74, 6) is -0.951. The highest BCUT2D eigenvalue weighted by molar-refractivity contribution is 7.92. The molecule has 1 aromatic heterocycles. The van der Waals surface area contributed by atoms with Crippen LogP contribution < -0.4 is 4.31 Å². The molecule has 1 aliphatic rings. The summed E-state index contributed by atoms with van der Waals surface area (Å²) in [5, 5.41) is 10.1. The van der Waals surface area contributed by atoms with E-state index in [1.165, 1.54) is 10.4 Å². The number of carbonyl (C=O) groups is 1. The highest BCUT2D eigenvalue weighted by atomic mass is 32.2. The van der Waals surface area contributed by atoms with Crippen molar-refractivity contribution in [2.45, 2.75) is 26.2 Å². The zero-order valence-electron chi connectivity index (χ0n) is 12.3. The van der Waals surface area contributed by atoms with Crippen LogP contribution in [-0.2, 0) is 16.4 Å². The van der Waals surface area contributed by atoms with E-state index in [0.29, 0.717) is 24.2 Å². The standard InChI is InChI=1S/C15H18N2O4S/c1-2-10-9-16-14-12(10)7-11(15(18)19)8-13(14)17-5-3-4-6-22(17,20)21/h7-9,16H,2-6H2,1H3,(H,18,19). The molecule has 1 aliphatic heterocycles. The van der Waals surface area contributed by atoms with Crippen LogP contribution in [0.25, 0.3) is 10.9 Å². The number of sulfonamides is 1. The van der Waals surface area contributed by atoms with Gasteiger partial charge in [-0.3, -0.25) is 4.31 Å². The first-order valence-electron chi connectivity index (χ1n) is 7.31. The number of H-pyrrole nitrogens is 1. The Morgan fingerprint density at radius 3 is 2.77 bits per heavy atom. The quantitative estimate of drug-likeness (QED) is 0.907. The largest absolute Gasteiger partial charge is 0.478 e. The van der Waals surface area contributed by atoms with Crippen LogP contribution in [0, 0.1) is 0 Å². The minimum Gasteiger partial charge on any atom is -0.478 e. The van der Waals surface area contributed by atoms with Gasteiger partial charge in [0.05, 0.1) is 22.5 Å². The number of fused-ring (bicyclic) bond motifs is 1. The third kappa shape index (κ3) is 2.35. The zero-order valence-corrected chi connectivity index (χ0v) is 13.1. The Morgan fingerprint density at radius 2 is 2.14 bits per heavy atom. The topological polar surface area (TPSA) is 90.5 Å². The molecule has 0 bridgehead atoms. The number of hydrogen-bond donors (Lipinski definition) is 2. The van der Waals surface area contributed by atoms with Gasteiger partial charge < -0.3 is 10.1 Å². The summed E-state index contributed by atoms with van der Waals surface area (Å²) in [7, 11) is -3.39. The highest BCUT2D eigenvalue weighted by Gasteiger charge is 2.28. The number of nitrogens with one attached hydrogen (secondary N) is 1. The van der Waals surface area contributed by atoms with Gasteiger partial charge in [0.1, 0.15) is 0 Å². The van der Waals surface area contributed by atoms with E-state index in [4.69, 9.17) is 0 Å². The number of nitrogens with zero attached hydrogens (tertiary/aromatic N) is 1. The summed E-state index contributed by atoms with van der Waals surface area (Å²) in [4.78, 5) is 14.5. The van der Waals surface area contributed by atoms with E-state index in [1.807, 2.05) is 13.1 Å². The third-order valence-electron chi connectivity index (χ3n) is 4.10. The molecule has 7 heteroatoms. The van der Waals surface area contributed by atoms with E-state index < -0.39 is 16.0 Å². The number of rotatable bonds is 3. The normalized spacial score (nSPS) is 17.8. The number of carboxylic acids is 1. The molecule has 3 rings (SSSR count). The summed E-state index contributed by atoms with van der Waals surface area (Å²) in [6, 6.07) is 3.05. The second-order valence-electron chi connectivity index (χ2n) is 5.49. The molecule has 0 amide bonds. The Bertz CT molecular complexity index is 839. The van der Waals surface area contributed by atoms with E-state index in [2.05, 4.69) is 4.98 Å². The Hall–Kier alpha value is -2.02. The van der Waals surface area contributed by atoms with E-state index in [1.54, 1.807) is 6.07 Å². The van der Waals surface area contributed by atoms with E-state index >= 15 is 0 Å². The van der Waals surface area contributed by atoms with Gasteiger partial charge in [0.15, 0.2) is 0 Å². The average Bonchev–Trinajstić information content (AvgIpc) is 2.89.